The maximum absolute atomic E-state index is 12.4. The normalized spacial score (nSPS) is 18.6. The van der Waals surface area contributed by atoms with Gasteiger partial charge in [0.2, 0.25) is 0 Å². The van der Waals surface area contributed by atoms with E-state index in [0.717, 1.165) is 35.0 Å². The highest BCUT2D eigenvalue weighted by Gasteiger charge is 2.34. The number of carbonyl (C=O) groups excluding carboxylic acids is 1. The van der Waals surface area contributed by atoms with Gasteiger partial charge < -0.3 is 9.72 Å². The monoisotopic (exact) mass is 379 g/mol. The van der Waals surface area contributed by atoms with E-state index in [1.165, 1.54) is 5.56 Å². The van der Waals surface area contributed by atoms with Crippen LogP contribution in [0.4, 0.5) is 4.79 Å². The summed E-state index contributed by atoms with van der Waals surface area (Å²) >= 11 is 3.47. The standard InChI is InChI=1S/C17H22BrN3O2/c1-17(2,3)23-16(22)21-8-4-5-14(21)15-19-12-7-6-11(10-18)9-13(12)20-15/h6-7,9,14H,4-5,8,10H2,1-3H3,(H,19,20). The zero-order valence-corrected chi connectivity index (χ0v) is 15.3. The Hall–Kier alpha value is -1.56. The number of imidazole rings is 1. The summed E-state index contributed by atoms with van der Waals surface area (Å²) in [7, 11) is 0. The van der Waals surface area contributed by atoms with E-state index in [1.54, 1.807) is 4.90 Å². The van der Waals surface area contributed by atoms with Crippen LogP contribution < -0.4 is 0 Å². The number of likely N-dealkylation sites (tertiary alicyclic amines) is 1. The van der Waals surface area contributed by atoms with Crippen LogP contribution in [-0.2, 0) is 10.1 Å². The van der Waals surface area contributed by atoms with E-state index in [-0.39, 0.29) is 12.1 Å². The van der Waals surface area contributed by atoms with Gasteiger partial charge >= 0.3 is 6.09 Å². The van der Waals surface area contributed by atoms with E-state index in [9.17, 15) is 4.79 Å². The number of nitrogens with one attached hydrogen (secondary N) is 1. The largest absolute Gasteiger partial charge is 0.444 e. The van der Waals surface area contributed by atoms with Gasteiger partial charge in [0.25, 0.3) is 0 Å². The molecule has 0 bridgehead atoms. The summed E-state index contributed by atoms with van der Waals surface area (Å²) in [5.74, 6) is 0.843. The van der Waals surface area contributed by atoms with Gasteiger partial charge in [0.1, 0.15) is 11.4 Å². The Bertz CT molecular complexity index is 720. The Kier molecular flexibility index (Phi) is 4.36. The molecule has 0 spiro atoms. The Morgan fingerprint density at radius 1 is 1.48 bits per heavy atom. The van der Waals surface area contributed by atoms with E-state index in [0.29, 0.717) is 6.54 Å². The van der Waals surface area contributed by atoms with Gasteiger partial charge in [0.05, 0.1) is 17.1 Å². The van der Waals surface area contributed by atoms with Crippen LogP contribution in [-0.4, -0.2) is 33.1 Å². The first-order valence-corrected chi connectivity index (χ1v) is 9.03. The summed E-state index contributed by atoms with van der Waals surface area (Å²) < 4.78 is 5.52. The van der Waals surface area contributed by atoms with Crippen molar-refractivity contribution < 1.29 is 9.53 Å². The van der Waals surface area contributed by atoms with Gasteiger partial charge in [-0.25, -0.2) is 9.78 Å². The van der Waals surface area contributed by atoms with Crippen molar-refractivity contribution in [3.63, 3.8) is 0 Å². The first-order chi connectivity index (χ1) is 10.9. The molecule has 3 rings (SSSR count). The first kappa shape index (κ1) is 16.3. The molecule has 1 saturated heterocycles. The van der Waals surface area contributed by atoms with Crippen LogP contribution in [0, 0.1) is 0 Å². The van der Waals surface area contributed by atoms with Crippen LogP contribution in [0.1, 0.15) is 51.0 Å². The maximum atomic E-state index is 12.4. The number of aromatic amines is 1. The molecule has 1 fully saturated rings. The van der Waals surface area contributed by atoms with E-state index in [2.05, 4.69) is 38.0 Å². The van der Waals surface area contributed by atoms with Gasteiger partial charge in [-0.2, -0.15) is 0 Å². The summed E-state index contributed by atoms with van der Waals surface area (Å²) in [4.78, 5) is 22.3. The smallest absolute Gasteiger partial charge is 0.410 e. The van der Waals surface area contributed by atoms with Crippen molar-refractivity contribution in [3.8, 4) is 0 Å². The molecule has 2 aromatic rings. The minimum absolute atomic E-state index is 0.0373. The molecule has 1 N–H and O–H groups in total. The summed E-state index contributed by atoms with van der Waals surface area (Å²) in [6.07, 6.45) is 1.61. The number of rotatable bonds is 2. The molecule has 23 heavy (non-hydrogen) atoms. The number of halogens is 1. The lowest BCUT2D eigenvalue weighted by molar-refractivity contribution is 0.0219. The number of hydrogen-bond donors (Lipinski definition) is 1. The third-order valence-electron chi connectivity index (χ3n) is 3.92. The number of hydrogen-bond acceptors (Lipinski definition) is 3. The molecule has 0 radical (unpaired) electrons. The molecular weight excluding hydrogens is 358 g/mol. The van der Waals surface area contributed by atoms with Gasteiger partial charge in [-0.05, 0) is 51.3 Å². The second-order valence-corrected chi connectivity index (χ2v) is 7.50. The molecule has 1 aromatic heterocycles. The van der Waals surface area contributed by atoms with E-state index in [4.69, 9.17) is 4.74 Å². The quantitative estimate of drug-likeness (QED) is 0.779. The van der Waals surface area contributed by atoms with Gasteiger partial charge in [0.15, 0.2) is 0 Å². The highest BCUT2D eigenvalue weighted by Crippen LogP contribution is 2.32. The number of alkyl halides is 1. The van der Waals surface area contributed by atoms with Crippen LogP contribution in [0.15, 0.2) is 18.2 Å². The number of amides is 1. The zero-order valence-electron chi connectivity index (χ0n) is 13.7. The average molecular weight is 380 g/mol. The van der Waals surface area contributed by atoms with Crippen molar-refractivity contribution in [1.29, 1.82) is 0 Å². The summed E-state index contributed by atoms with van der Waals surface area (Å²) in [5.41, 5.74) is 2.65. The van der Waals surface area contributed by atoms with Crippen molar-refractivity contribution in [3.05, 3.63) is 29.6 Å². The van der Waals surface area contributed by atoms with Crippen molar-refractivity contribution >= 4 is 33.1 Å². The number of H-pyrrole nitrogens is 1. The topological polar surface area (TPSA) is 58.2 Å². The van der Waals surface area contributed by atoms with Crippen LogP contribution in [0.2, 0.25) is 0 Å². The van der Waals surface area contributed by atoms with E-state index >= 15 is 0 Å². The number of nitrogens with zero attached hydrogens (tertiary/aromatic N) is 2. The second kappa shape index (κ2) is 6.15. The highest BCUT2D eigenvalue weighted by atomic mass is 79.9. The molecule has 0 aliphatic carbocycles. The number of benzene rings is 1. The fraction of sp³-hybridized carbons (Fsp3) is 0.529. The lowest BCUT2D eigenvalue weighted by atomic mass is 10.2. The van der Waals surface area contributed by atoms with Gasteiger partial charge in [0, 0.05) is 11.9 Å². The number of fused-ring (bicyclic) bond motifs is 1. The van der Waals surface area contributed by atoms with Crippen molar-refractivity contribution in [2.45, 2.75) is 50.6 Å². The van der Waals surface area contributed by atoms with Crippen LogP contribution >= 0.6 is 15.9 Å². The number of carbonyl (C=O) groups is 1. The molecule has 6 heteroatoms. The minimum atomic E-state index is -0.483. The Labute approximate surface area is 144 Å². The fourth-order valence-corrected chi connectivity index (χ4v) is 3.26. The fourth-order valence-electron chi connectivity index (χ4n) is 2.91. The van der Waals surface area contributed by atoms with Crippen LogP contribution in [0.25, 0.3) is 11.0 Å². The predicted octanol–water partition coefficient (Wildman–Crippen LogP) is 4.53. The number of aromatic nitrogens is 2. The lowest BCUT2D eigenvalue weighted by Gasteiger charge is -2.27. The molecule has 1 unspecified atom stereocenters. The first-order valence-electron chi connectivity index (χ1n) is 7.91. The van der Waals surface area contributed by atoms with Gasteiger partial charge in [-0.1, -0.05) is 22.0 Å². The van der Waals surface area contributed by atoms with Crippen molar-refractivity contribution in [1.82, 2.24) is 14.9 Å². The second-order valence-electron chi connectivity index (χ2n) is 6.94. The third-order valence-corrected chi connectivity index (χ3v) is 4.56. The average Bonchev–Trinajstić information content (AvgIpc) is 3.10. The molecule has 1 aliphatic heterocycles. The maximum Gasteiger partial charge on any atom is 0.410 e. The molecule has 1 aromatic carbocycles. The Balaban J connectivity index is 1.86. The van der Waals surface area contributed by atoms with E-state index < -0.39 is 5.60 Å². The third kappa shape index (κ3) is 3.52. The molecule has 2 heterocycles. The zero-order chi connectivity index (χ0) is 16.6. The lowest BCUT2D eigenvalue weighted by Crippen LogP contribution is -2.36. The van der Waals surface area contributed by atoms with E-state index in [1.807, 2.05) is 26.8 Å². The summed E-state index contributed by atoms with van der Waals surface area (Å²) in [5, 5.41) is 0.810. The summed E-state index contributed by atoms with van der Waals surface area (Å²) in [6.45, 7) is 6.38. The predicted molar refractivity (Wildman–Crippen MR) is 93.6 cm³/mol. The van der Waals surface area contributed by atoms with Crippen LogP contribution in [0.5, 0.6) is 0 Å². The minimum Gasteiger partial charge on any atom is -0.444 e. The Morgan fingerprint density at radius 2 is 2.26 bits per heavy atom. The van der Waals surface area contributed by atoms with Gasteiger partial charge in [-0.15, -0.1) is 0 Å². The SMILES string of the molecule is CC(C)(C)OC(=O)N1CCCC1c1nc2ccc(CBr)cc2[nH]1. The van der Waals surface area contributed by atoms with Gasteiger partial charge in [-0.3, -0.25) is 4.90 Å². The van der Waals surface area contributed by atoms with Crippen LogP contribution in [0.3, 0.4) is 0 Å². The molecule has 1 atom stereocenters. The molecule has 124 valence electrons. The summed E-state index contributed by atoms with van der Waals surface area (Å²) in [6, 6.07) is 6.12. The van der Waals surface area contributed by atoms with Crippen molar-refractivity contribution in [2.24, 2.45) is 0 Å². The Morgan fingerprint density at radius 3 is 2.96 bits per heavy atom. The molecule has 1 amide bonds. The molecule has 0 saturated carbocycles. The molecule has 5 nitrogen and oxygen atoms in total. The molecule has 1 aliphatic rings. The van der Waals surface area contributed by atoms with Crippen molar-refractivity contribution in [2.75, 3.05) is 6.54 Å². The highest BCUT2D eigenvalue weighted by molar-refractivity contribution is 9.08. The molecular formula is C17H22BrN3O2. The number of ether oxygens (including phenoxy) is 1.